The number of hydrogen-bond donors (Lipinski definition) is 0. The van der Waals surface area contributed by atoms with Gasteiger partial charge in [0.1, 0.15) is 0 Å². The van der Waals surface area contributed by atoms with Gasteiger partial charge in [0.25, 0.3) is 0 Å². The van der Waals surface area contributed by atoms with Crippen LogP contribution < -0.4 is 0 Å². The van der Waals surface area contributed by atoms with Crippen molar-refractivity contribution < 1.29 is 0 Å². The zero-order chi connectivity index (χ0) is 31.6. The highest BCUT2D eigenvalue weighted by Crippen LogP contribution is 2.44. The third-order valence-electron chi connectivity index (χ3n) is 9.24. The lowest BCUT2D eigenvalue weighted by Crippen LogP contribution is -2.02. The van der Waals surface area contributed by atoms with Crippen LogP contribution in [-0.2, 0) is 0 Å². The summed E-state index contributed by atoms with van der Waals surface area (Å²) in [5.74, 6) is 1.95. The van der Waals surface area contributed by atoms with E-state index >= 15 is 0 Å². The molecule has 10 rings (SSSR count). The van der Waals surface area contributed by atoms with Crippen LogP contribution in [0.2, 0.25) is 0 Å². The van der Waals surface area contributed by atoms with Crippen molar-refractivity contribution >= 4 is 64.1 Å². The maximum Gasteiger partial charge on any atom is 0.164 e. The summed E-state index contributed by atoms with van der Waals surface area (Å²) in [7, 11) is 0. The Kier molecular flexibility index (Phi) is 6.01. The number of para-hydroxylation sites is 1. The summed E-state index contributed by atoms with van der Waals surface area (Å²) in [6, 6.07) is 55.4. The highest BCUT2D eigenvalue weighted by atomic mass is 32.1. The molecule has 0 aliphatic rings. The molecule has 7 aromatic carbocycles. The first-order valence-corrected chi connectivity index (χ1v) is 16.9. The first-order chi connectivity index (χ1) is 23.8. The second-order valence-corrected chi connectivity index (χ2v) is 13.1. The van der Waals surface area contributed by atoms with Gasteiger partial charge in [0.15, 0.2) is 17.5 Å². The van der Waals surface area contributed by atoms with E-state index in [4.69, 9.17) is 15.0 Å². The average molecular weight is 631 g/mol. The minimum absolute atomic E-state index is 0.647. The quantitative estimate of drug-likeness (QED) is 0.194. The minimum Gasteiger partial charge on any atom is -0.309 e. The third kappa shape index (κ3) is 4.11. The Morgan fingerprint density at radius 1 is 0.417 bits per heavy atom. The molecule has 0 fully saturated rings. The van der Waals surface area contributed by atoms with Crippen LogP contribution in [-0.4, -0.2) is 19.5 Å². The van der Waals surface area contributed by atoms with Crippen LogP contribution in [0.4, 0.5) is 0 Å². The summed E-state index contributed by atoms with van der Waals surface area (Å²) in [5, 5.41) is 7.37. The molecule has 0 N–H and O–H groups in total. The van der Waals surface area contributed by atoms with E-state index in [-0.39, 0.29) is 0 Å². The Balaban J connectivity index is 1.29. The standard InChI is InChI=1S/C43H26N4S/c1-3-13-28(14-4-1)41-44-42(29-15-5-2-6-16-29)46-43(45-41)33-21-11-17-27-18-12-23-35(38(27)33)47-34-22-9-7-20-32(34)39-36(47)26-25-31-30-19-8-10-24-37(30)48-40(31)39/h1-26H. The van der Waals surface area contributed by atoms with Crippen molar-refractivity contribution in [1.82, 2.24) is 19.5 Å². The molecule has 0 saturated carbocycles. The lowest BCUT2D eigenvalue weighted by Gasteiger charge is -2.15. The van der Waals surface area contributed by atoms with Crippen molar-refractivity contribution in [1.29, 1.82) is 0 Å². The summed E-state index contributed by atoms with van der Waals surface area (Å²) < 4.78 is 5.06. The van der Waals surface area contributed by atoms with Gasteiger partial charge in [-0.3, -0.25) is 0 Å². The summed E-state index contributed by atoms with van der Waals surface area (Å²) in [6.07, 6.45) is 0. The molecule has 0 atom stereocenters. The first-order valence-electron chi connectivity index (χ1n) is 16.0. The number of benzene rings is 7. The Hall–Kier alpha value is -6.17. The highest BCUT2D eigenvalue weighted by molar-refractivity contribution is 7.26. The van der Waals surface area contributed by atoms with Gasteiger partial charge in [0.2, 0.25) is 0 Å². The molecule has 0 unspecified atom stereocenters. The largest absolute Gasteiger partial charge is 0.309 e. The number of nitrogens with zero attached hydrogens (tertiary/aromatic N) is 4. The van der Waals surface area contributed by atoms with Crippen LogP contribution in [0, 0.1) is 0 Å². The normalized spacial score (nSPS) is 11.8. The topological polar surface area (TPSA) is 43.6 Å². The second kappa shape index (κ2) is 10.7. The Labute approximate surface area is 280 Å². The van der Waals surface area contributed by atoms with Crippen molar-refractivity contribution in [3.63, 3.8) is 0 Å². The third-order valence-corrected chi connectivity index (χ3v) is 10.4. The van der Waals surface area contributed by atoms with E-state index < -0.39 is 0 Å². The number of thiophene rings is 1. The predicted molar refractivity (Wildman–Crippen MR) is 201 cm³/mol. The summed E-state index contributed by atoms with van der Waals surface area (Å²) in [5.41, 5.74) is 6.32. The van der Waals surface area contributed by atoms with Crippen molar-refractivity contribution in [2.45, 2.75) is 0 Å². The van der Waals surface area contributed by atoms with Crippen LogP contribution in [0.15, 0.2) is 158 Å². The zero-order valence-electron chi connectivity index (χ0n) is 25.7. The van der Waals surface area contributed by atoms with Gasteiger partial charge in [0, 0.05) is 53.0 Å². The molecule has 0 amide bonds. The van der Waals surface area contributed by atoms with E-state index in [0.29, 0.717) is 17.5 Å². The second-order valence-electron chi connectivity index (χ2n) is 12.0. The molecule has 0 radical (unpaired) electrons. The maximum absolute atomic E-state index is 5.13. The van der Waals surface area contributed by atoms with Gasteiger partial charge in [-0.1, -0.05) is 133 Å². The van der Waals surface area contributed by atoms with Gasteiger partial charge in [-0.2, -0.15) is 0 Å². The summed E-state index contributed by atoms with van der Waals surface area (Å²) >= 11 is 1.88. The van der Waals surface area contributed by atoms with Gasteiger partial charge in [-0.15, -0.1) is 11.3 Å². The fourth-order valence-electron chi connectivity index (χ4n) is 7.12. The molecule has 0 spiro atoms. The lowest BCUT2D eigenvalue weighted by molar-refractivity contribution is 1.08. The lowest BCUT2D eigenvalue weighted by atomic mass is 10.0. The fraction of sp³-hybridized carbons (Fsp3) is 0. The van der Waals surface area contributed by atoms with E-state index in [0.717, 1.165) is 33.2 Å². The molecule has 4 nitrogen and oxygen atoms in total. The fourth-order valence-corrected chi connectivity index (χ4v) is 8.38. The molecule has 0 saturated heterocycles. The molecule has 0 bridgehead atoms. The monoisotopic (exact) mass is 630 g/mol. The van der Waals surface area contributed by atoms with Gasteiger partial charge in [0.05, 0.1) is 16.7 Å². The summed E-state index contributed by atoms with van der Waals surface area (Å²) in [4.78, 5) is 15.2. The van der Waals surface area contributed by atoms with Crippen molar-refractivity contribution in [3.8, 4) is 39.9 Å². The highest BCUT2D eigenvalue weighted by Gasteiger charge is 2.21. The van der Waals surface area contributed by atoms with Crippen molar-refractivity contribution in [2.75, 3.05) is 0 Å². The van der Waals surface area contributed by atoms with Gasteiger partial charge in [-0.25, -0.2) is 15.0 Å². The van der Waals surface area contributed by atoms with Crippen LogP contribution in [0.25, 0.3) is 92.6 Å². The minimum atomic E-state index is 0.647. The predicted octanol–water partition coefficient (Wildman–Crippen LogP) is 11.5. The van der Waals surface area contributed by atoms with E-state index in [2.05, 4.69) is 126 Å². The molecule has 0 aliphatic carbocycles. The van der Waals surface area contributed by atoms with Crippen LogP contribution >= 0.6 is 11.3 Å². The van der Waals surface area contributed by atoms with E-state index in [1.165, 1.54) is 42.0 Å². The number of rotatable bonds is 4. The van der Waals surface area contributed by atoms with Crippen LogP contribution in [0.1, 0.15) is 0 Å². The van der Waals surface area contributed by atoms with Crippen LogP contribution in [0.3, 0.4) is 0 Å². The van der Waals surface area contributed by atoms with Crippen molar-refractivity contribution in [3.05, 3.63) is 158 Å². The zero-order valence-corrected chi connectivity index (χ0v) is 26.5. The number of aromatic nitrogens is 4. The van der Waals surface area contributed by atoms with Gasteiger partial charge in [-0.05, 0) is 29.7 Å². The molecule has 5 heteroatoms. The number of hydrogen-bond acceptors (Lipinski definition) is 4. The molecular formula is C43H26N4S. The molecule has 48 heavy (non-hydrogen) atoms. The SMILES string of the molecule is c1ccc(-c2nc(-c3ccccc3)nc(-c3cccc4cccc(-n5c6ccccc6c6c7sc8ccccc8c7ccc65)c34)n2)cc1. The Morgan fingerprint density at radius 3 is 1.79 bits per heavy atom. The average Bonchev–Trinajstić information content (AvgIpc) is 3.71. The van der Waals surface area contributed by atoms with E-state index in [9.17, 15) is 0 Å². The smallest absolute Gasteiger partial charge is 0.164 e. The molecular weight excluding hydrogens is 605 g/mol. The summed E-state index contributed by atoms with van der Waals surface area (Å²) in [6.45, 7) is 0. The van der Waals surface area contributed by atoms with E-state index in [1.54, 1.807) is 0 Å². The van der Waals surface area contributed by atoms with Gasteiger partial charge < -0.3 is 4.57 Å². The van der Waals surface area contributed by atoms with Crippen molar-refractivity contribution in [2.24, 2.45) is 0 Å². The van der Waals surface area contributed by atoms with Crippen LogP contribution in [0.5, 0.6) is 0 Å². The molecule has 3 aromatic heterocycles. The van der Waals surface area contributed by atoms with Gasteiger partial charge >= 0.3 is 0 Å². The Bertz CT molecular complexity index is 2770. The molecule has 10 aromatic rings. The van der Waals surface area contributed by atoms with E-state index in [1.807, 2.05) is 47.7 Å². The molecule has 224 valence electrons. The maximum atomic E-state index is 5.13. The molecule has 3 heterocycles. The number of fused-ring (bicyclic) bond motifs is 8. The molecule has 0 aliphatic heterocycles. The Morgan fingerprint density at radius 2 is 1.04 bits per heavy atom. The first kappa shape index (κ1) is 27.0.